The fourth-order valence-corrected chi connectivity index (χ4v) is 1.48. The summed E-state index contributed by atoms with van der Waals surface area (Å²) >= 11 is 3.29. The van der Waals surface area contributed by atoms with Crippen molar-refractivity contribution < 1.29 is 13.9 Å². The van der Waals surface area contributed by atoms with E-state index in [1.807, 2.05) is 0 Å². The molecule has 0 amide bonds. The van der Waals surface area contributed by atoms with Crippen molar-refractivity contribution in [1.29, 1.82) is 0 Å². The smallest absolute Gasteiger partial charge is 0.163 e. The van der Waals surface area contributed by atoms with Gasteiger partial charge in [-0.2, -0.15) is 0 Å². The van der Waals surface area contributed by atoms with Crippen LogP contribution in [-0.4, -0.2) is 19.1 Å². The van der Waals surface area contributed by atoms with Crippen LogP contribution in [0.4, 0.5) is 4.39 Å². The Balaban J connectivity index is 2.82. The van der Waals surface area contributed by atoms with Crippen LogP contribution in [0.1, 0.15) is 23.7 Å². The fraction of sp³-hybridized carbons (Fsp3) is 0.364. The van der Waals surface area contributed by atoms with Gasteiger partial charge in [-0.15, -0.1) is 0 Å². The van der Waals surface area contributed by atoms with Gasteiger partial charge in [0.1, 0.15) is 5.75 Å². The Bertz CT molecular complexity index is 352. The number of ether oxygens (including phenoxy) is 1. The molecule has 0 unspecified atom stereocenters. The van der Waals surface area contributed by atoms with Gasteiger partial charge in [-0.05, 0) is 25.1 Å². The van der Waals surface area contributed by atoms with Crippen LogP contribution in [0.3, 0.4) is 0 Å². The van der Waals surface area contributed by atoms with Gasteiger partial charge >= 0.3 is 0 Å². The second-order valence-electron chi connectivity index (χ2n) is 3.09. The molecule has 1 aromatic carbocycles. The first kappa shape index (κ1) is 12.2. The van der Waals surface area contributed by atoms with Crippen LogP contribution in [0.5, 0.6) is 5.75 Å². The van der Waals surface area contributed by atoms with Gasteiger partial charge in [-0.25, -0.2) is 0 Å². The van der Waals surface area contributed by atoms with Crippen molar-refractivity contribution in [2.75, 3.05) is 13.3 Å². The lowest BCUT2D eigenvalue weighted by atomic mass is 10.1. The minimum absolute atomic E-state index is 0.0576. The third-order valence-electron chi connectivity index (χ3n) is 1.86. The molecule has 0 heterocycles. The van der Waals surface area contributed by atoms with Crippen LogP contribution in [0.2, 0.25) is 0 Å². The van der Waals surface area contributed by atoms with Crippen molar-refractivity contribution in [3.05, 3.63) is 28.2 Å². The minimum atomic E-state index is -0.413. The lowest BCUT2D eigenvalue weighted by molar-refractivity contribution is 0.101. The van der Waals surface area contributed by atoms with E-state index in [0.717, 1.165) is 4.47 Å². The SMILES string of the molecule is CC(=O)c1ccc(Br)cc1OCCCF. The molecule has 1 aromatic rings. The lowest BCUT2D eigenvalue weighted by Crippen LogP contribution is -2.03. The summed E-state index contributed by atoms with van der Waals surface area (Å²) in [6, 6.07) is 5.19. The third kappa shape index (κ3) is 3.63. The summed E-state index contributed by atoms with van der Waals surface area (Å²) < 4.78 is 18.0. The Kier molecular flexibility index (Phi) is 4.75. The van der Waals surface area contributed by atoms with E-state index in [1.165, 1.54) is 6.92 Å². The minimum Gasteiger partial charge on any atom is -0.493 e. The Morgan fingerprint density at radius 2 is 2.27 bits per heavy atom. The van der Waals surface area contributed by atoms with Gasteiger partial charge in [0.2, 0.25) is 0 Å². The van der Waals surface area contributed by atoms with E-state index in [-0.39, 0.29) is 12.4 Å². The van der Waals surface area contributed by atoms with Gasteiger partial charge < -0.3 is 4.74 Å². The summed E-state index contributed by atoms with van der Waals surface area (Å²) in [5.41, 5.74) is 0.525. The highest BCUT2D eigenvalue weighted by atomic mass is 79.9. The topological polar surface area (TPSA) is 26.3 Å². The monoisotopic (exact) mass is 274 g/mol. The number of benzene rings is 1. The molecule has 0 fully saturated rings. The van der Waals surface area contributed by atoms with Crippen LogP contribution < -0.4 is 4.74 Å². The summed E-state index contributed by atoms with van der Waals surface area (Å²) in [5.74, 6) is 0.447. The van der Waals surface area contributed by atoms with Crippen molar-refractivity contribution in [3.63, 3.8) is 0 Å². The first-order valence-electron chi connectivity index (χ1n) is 4.64. The van der Waals surface area contributed by atoms with Gasteiger partial charge in [-0.3, -0.25) is 9.18 Å². The molecule has 0 radical (unpaired) electrons. The number of halogens is 2. The first-order chi connectivity index (χ1) is 7.15. The summed E-state index contributed by atoms with van der Waals surface area (Å²) in [7, 11) is 0. The summed E-state index contributed by atoms with van der Waals surface area (Å²) in [6.07, 6.45) is 0.337. The molecule has 82 valence electrons. The first-order valence-corrected chi connectivity index (χ1v) is 5.43. The lowest BCUT2D eigenvalue weighted by Gasteiger charge is -2.09. The predicted molar refractivity (Wildman–Crippen MR) is 60.2 cm³/mol. The molecule has 0 saturated heterocycles. The zero-order valence-electron chi connectivity index (χ0n) is 8.43. The maximum atomic E-state index is 11.9. The number of rotatable bonds is 5. The summed E-state index contributed by atoms with van der Waals surface area (Å²) in [5, 5.41) is 0. The van der Waals surface area contributed by atoms with Gasteiger partial charge in [0.25, 0.3) is 0 Å². The van der Waals surface area contributed by atoms with E-state index in [2.05, 4.69) is 15.9 Å². The number of ketones is 1. The second-order valence-corrected chi connectivity index (χ2v) is 4.00. The van der Waals surface area contributed by atoms with Crippen molar-refractivity contribution in [1.82, 2.24) is 0 Å². The average Bonchev–Trinajstić information content (AvgIpc) is 2.18. The molecule has 0 aliphatic rings. The van der Waals surface area contributed by atoms with Crippen molar-refractivity contribution >= 4 is 21.7 Å². The number of Topliss-reactive ketones (excluding diaryl/α,β-unsaturated/α-hetero) is 1. The molecule has 0 aliphatic heterocycles. The van der Waals surface area contributed by atoms with Crippen LogP contribution in [0.25, 0.3) is 0 Å². The molecule has 0 aliphatic carbocycles. The third-order valence-corrected chi connectivity index (χ3v) is 2.35. The molecule has 4 heteroatoms. The highest BCUT2D eigenvalue weighted by Crippen LogP contribution is 2.24. The molecular weight excluding hydrogens is 263 g/mol. The Hall–Kier alpha value is -0.900. The van der Waals surface area contributed by atoms with Crippen LogP contribution >= 0.6 is 15.9 Å². The Morgan fingerprint density at radius 1 is 1.53 bits per heavy atom. The van der Waals surface area contributed by atoms with E-state index in [4.69, 9.17) is 4.74 Å². The van der Waals surface area contributed by atoms with Crippen LogP contribution in [0, 0.1) is 0 Å². The largest absolute Gasteiger partial charge is 0.493 e. The molecule has 2 nitrogen and oxygen atoms in total. The van der Waals surface area contributed by atoms with Crippen LogP contribution in [0.15, 0.2) is 22.7 Å². The molecule has 1 rings (SSSR count). The number of carbonyl (C=O) groups is 1. The predicted octanol–water partition coefficient (Wildman–Crippen LogP) is 3.39. The zero-order chi connectivity index (χ0) is 11.3. The van der Waals surface area contributed by atoms with E-state index in [1.54, 1.807) is 18.2 Å². The molecule has 0 saturated carbocycles. The maximum absolute atomic E-state index is 11.9. The van der Waals surface area contributed by atoms with Gasteiger partial charge in [0.05, 0.1) is 18.8 Å². The maximum Gasteiger partial charge on any atom is 0.163 e. The highest BCUT2D eigenvalue weighted by Gasteiger charge is 2.08. The highest BCUT2D eigenvalue weighted by molar-refractivity contribution is 9.10. The quantitative estimate of drug-likeness (QED) is 0.608. The fourth-order valence-electron chi connectivity index (χ4n) is 1.14. The van der Waals surface area contributed by atoms with Gasteiger partial charge in [-0.1, -0.05) is 15.9 Å². The molecule has 0 N–H and O–H groups in total. The van der Waals surface area contributed by atoms with Crippen molar-refractivity contribution in [3.8, 4) is 5.75 Å². The Labute approximate surface area is 96.6 Å². The van der Waals surface area contributed by atoms with E-state index >= 15 is 0 Å². The summed E-state index contributed by atoms with van der Waals surface area (Å²) in [4.78, 5) is 11.2. The van der Waals surface area contributed by atoms with Gasteiger partial charge in [0, 0.05) is 10.9 Å². The molecule has 0 atom stereocenters. The van der Waals surface area contributed by atoms with Gasteiger partial charge in [0.15, 0.2) is 5.78 Å². The number of hydrogen-bond acceptors (Lipinski definition) is 2. The average molecular weight is 275 g/mol. The van der Waals surface area contributed by atoms with Crippen molar-refractivity contribution in [2.24, 2.45) is 0 Å². The molecule has 15 heavy (non-hydrogen) atoms. The number of carbonyl (C=O) groups excluding carboxylic acids is 1. The Morgan fingerprint density at radius 3 is 2.87 bits per heavy atom. The second kappa shape index (κ2) is 5.85. The number of alkyl halides is 1. The summed E-state index contributed by atoms with van der Waals surface area (Å²) in [6.45, 7) is 1.35. The zero-order valence-corrected chi connectivity index (χ0v) is 10.0. The van der Waals surface area contributed by atoms with E-state index in [9.17, 15) is 9.18 Å². The van der Waals surface area contributed by atoms with Crippen LogP contribution in [-0.2, 0) is 0 Å². The molecule has 0 aromatic heterocycles. The molecule has 0 spiro atoms. The molecular formula is C11H12BrFO2. The number of hydrogen-bond donors (Lipinski definition) is 0. The standard InChI is InChI=1S/C11H12BrFO2/c1-8(14)10-4-3-9(12)7-11(10)15-6-2-5-13/h3-4,7H,2,5-6H2,1H3. The van der Waals surface area contributed by atoms with E-state index in [0.29, 0.717) is 17.7 Å². The van der Waals surface area contributed by atoms with Crippen molar-refractivity contribution in [2.45, 2.75) is 13.3 Å². The van der Waals surface area contributed by atoms with E-state index < -0.39 is 6.67 Å². The molecule has 0 bridgehead atoms. The normalized spacial score (nSPS) is 10.1.